The van der Waals surface area contributed by atoms with E-state index in [1.165, 1.54) is 0 Å². The minimum Gasteiger partial charge on any atom is -0.357 e. The number of amides is 1. The number of aromatic nitrogens is 3. The lowest BCUT2D eigenvalue weighted by Crippen LogP contribution is -2.47. The van der Waals surface area contributed by atoms with Crippen LogP contribution in [0.3, 0.4) is 0 Å². The molecule has 0 spiro atoms. The lowest BCUT2D eigenvalue weighted by atomic mass is 10.1. The van der Waals surface area contributed by atoms with Crippen LogP contribution in [0.1, 0.15) is 27.7 Å². The van der Waals surface area contributed by atoms with Gasteiger partial charge in [-0.1, -0.05) is 0 Å². The van der Waals surface area contributed by atoms with Crippen LogP contribution in [0.15, 0.2) is 0 Å². The van der Waals surface area contributed by atoms with E-state index in [0.29, 0.717) is 17.8 Å². The zero-order valence-electron chi connectivity index (χ0n) is 13.8. The number of hydrogen-bond acceptors (Lipinski definition) is 7. The molecule has 3 N–H and O–H groups in total. The minimum atomic E-state index is -0.452. The van der Waals surface area contributed by atoms with Gasteiger partial charge in [-0.2, -0.15) is 15.0 Å². The van der Waals surface area contributed by atoms with Gasteiger partial charge in [-0.15, -0.1) is 0 Å². The van der Waals surface area contributed by atoms with Crippen molar-refractivity contribution < 1.29 is 4.79 Å². The van der Waals surface area contributed by atoms with E-state index in [1.807, 2.05) is 34.9 Å². The van der Waals surface area contributed by atoms with Crippen molar-refractivity contribution >= 4 is 23.8 Å². The number of anilines is 3. The first-order chi connectivity index (χ1) is 9.62. The second-order valence-corrected chi connectivity index (χ2v) is 6.03. The van der Waals surface area contributed by atoms with Gasteiger partial charge in [0.05, 0.1) is 0 Å². The third-order valence-electron chi connectivity index (χ3n) is 2.48. The Morgan fingerprint density at radius 2 is 1.71 bits per heavy atom. The molecule has 1 amide bonds. The van der Waals surface area contributed by atoms with Crippen molar-refractivity contribution in [2.45, 2.75) is 39.3 Å². The van der Waals surface area contributed by atoms with Gasteiger partial charge < -0.3 is 20.9 Å². The summed E-state index contributed by atoms with van der Waals surface area (Å²) in [5.41, 5.74) is -0.281. The first-order valence-corrected chi connectivity index (χ1v) is 6.82. The fourth-order valence-electron chi connectivity index (χ4n) is 1.48. The smallest absolute Gasteiger partial charge is 0.242 e. The largest absolute Gasteiger partial charge is 0.357 e. The van der Waals surface area contributed by atoms with Crippen LogP contribution in [0.4, 0.5) is 17.8 Å². The molecule has 0 aliphatic rings. The molecule has 0 aliphatic carbocycles. The highest BCUT2D eigenvalue weighted by atomic mass is 16.2. The van der Waals surface area contributed by atoms with Crippen molar-refractivity contribution in [3.05, 3.63) is 0 Å². The second kappa shape index (κ2) is 6.55. The van der Waals surface area contributed by atoms with Gasteiger partial charge in [0.15, 0.2) is 0 Å². The maximum atomic E-state index is 12.1. The van der Waals surface area contributed by atoms with Crippen molar-refractivity contribution in [3.63, 3.8) is 0 Å². The van der Waals surface area contributed by atoms with E-state index in [1.54, 1.807) is 18.9 Å². The van der Waals surface area contributed by atoms with E-state index in [9.17, 15) is 4.79 Å². The topological polar surface area (TPSA) is 95.1 Å². The summed E-state index contributed by atoms with van der Waals surface area (Å²) in [6.45, 7) is 7.57. The quantitative estimate of drug-likeness (QED) is 0.735. The molecule has 1 rings (SSSR count). The van der Waals surface area contributed by atoms with Gasteiger partial charge in [0.2, 0.25) is 23.8 Å². The Balaban J connectivity index is 2.86. The molecule has 0 saturated heterocycles. The SMILES string of the molecule is CNc1nc(NC(C)C(=O)NC(C)(C)C)nc(N(C)C)n1. The monoisotopic (exact) mass is 295 g/mol. The van der Waals surface area contributed by atoms with E-state index in [0.717, 1.165) is 0 Å². The molecule has 8 nitrogen and oxygen atoms in total. The third kappa shape index (κ3) is 5.41. The van der Waals surface area contributed by atoms with Crippen LogP contribution < -0.4 is 20.9 Å². The van der Waals surface area contributed by atoms with Gasteiger partial charge >= 0.3 is 0 Å². The van der Waals surface area contributed by atoms with Crippen LogP contribution in [-0.2, 0) is 4.79 Å². The maximum absolute atomic E-state index is 12.1. The van der Waals surface area contributed by atoms with Gasteiger partial charge in [0, 0.05) is 26.7 Å². The van der Waals surface area contributed by atoms with Crippen LogP contribution >= 0.6 is 0 Å². The summed E-state index contributed by atoms with van der Waals surface area (Å²) in [7, 11) is 5.41. The normalized spacial score (nSPS) is 12.5. The molecule has 21 heavy (non-hydrogen) atoms. The molecule has 0 saturated carbocycles. The molecule has 118 valence electrons. The predicted octanol–water partition coefficient (Wildman–Crippen LogP) is 0.694. The van der Waals surface area contributed by atoms with E-state index >= 15 is 0 Å². The number of nitrogens with one attached hydrogen (secondary N) is 3. The molecule has 8 heteroatoms. The Bertz CT molecular complexity index is 496. The Hall–Kier alpha value is -2.12. The zero-order chi connectivity index (χ0) is 16.2. The summed E-state index contributed by atoms with van der Waals surface area (Å²) >= 11 is 0. The van der Waals surface area contributed by atoms with Gasteiger partial charge in [0.1, 0.15) is 6.04 Å². The molecule has 1 aromatic rings. The molecule has 0 aromatic carbocycles. The highest BCUT2D eigenvalue weighted by Crippen LogP contribution is 2.12. The van der Waals surface area contributed by atoms with Gasteiger partial charge in [-0.3, -0.25) is 4.79 Å². The highest BCUT2D eigenvalue weighted by molar-refractivity contribution is 5.84. The molecule has 0 aliphatic heterocycles. The maximum Gasteiger partial charge on any atom is 0.242 e. The lowest BCUT2D eigenvalue weighted by Gasteiger charge is -2.24. The summed E-state index contributed by atoms with van der Waals surface area (Å²) in [6.07, 6.45) is 0. The van der Waals surface area contributed by atoms with Gasteiger partial charge in [0.25, 0.3) is 0 Å². The fourth-order valence-corrected chi connectivity index (χ4v) is 1.48. The zero-order valence-corrected chi connectivity index (χ0v) is 13.8. The number of carbonyl (C=O) groups excluding carboxylic acids is 1. The van der Waals surface area contributed by atoms with Gasteiger partial charge in [-0.05, 0) is 27.7 Å². The molecule has 1 atom stereocenters. The van der Waals surface area contributed by atoms with Crippen molar-refractivity contribution in [2.75, 3.05) is 36.7 Å². The van der Waals surface area contributed by atoms with Crippen molar-refractivity contribution in [1.29, 1.82) is 0 Å². The van der Waals surface area contributed by atoms with Crippen molar-refractivity contribution in [3.8, 4) is 0 Å². The number of nitrogens with zero attached hydrogens (tertiary/aromatic N) is 4. The van der Waals surface area contributed by atoms with Crippen LogP contribution in [0.5, 0.6) is 0 Å². The Morgan fingerprint density at radius 3 is 2.19 bits per heavy atom. The van der Waals surface area contributed by atoms with Crippen LogP contribution in [0, 0.1) is 0 Å². The number of rotatable bonds is 5. The summed E-state index contributed by atoms with van der Waals surface area (Å²) in [4.78, 5) is 26.5. The second-order valence-electron chi connectivity index (χ2n) is 6.03. The van der Waals surface area contributed by atoms with Gasteiger partial charge in [-0.25, -0.2) is 0 Å². The molecule has 1 aromatic heterocycles. The van der Waals surface area contributed by atoms with E-state index in [2.05, 4.69) is 30.9 Å². The van der Waals surface area contributed by atoms with Crippen LogP contribution in [0.25, 0.3) is 0 Å². The average Bonchev–Trinajstić information content (AvgIpc) is 2.36. The molecule has 0 bridgehead atoms. The summed E-state index contributed by atoms with van der Waals surface area (Å²) in [5, 5.41) is 8.77. The summed E-state index contributed by atoms with van der Waals surface area (Å²) < 4.78 is 0. The Labute approximate surface area is 125 Å². The standard InChI is InChI=1S/C13H25N7O/c1-8(9(21)19-13(2,3)4)15-11-16-10(14-5)17-12(18-11)20(6)7/h8H,1-7H3,(H,19,21)(H2,14,15,16,17,18). The highest BCUT2D eigenvalue weighted by Gasteiger charge is 2.20. The molecule has 1 heterocycles. The fraction of sp³-hybridized carbons (Fsp3) is 0.692. The van der Waals surface area contributed by atoms with Crippen LogP contribution in [-0.4, -0.2) is 53.6 Å². The van der Waals surface area contributed by atoms with Crippen molar-refractivity contribution in [2.24, 2.45) is 0 Å². The van der Waals surface area contributed by atoms with E-state index < -0.39 is 6.04 Å². The molecule has 0 fully saturated rings. The van der Waals surface area contributed by atoms with E-state index in [-0.39, 0.29) is 11.4 Å². The first kappa shape index (κ1) is 16.9. The molecular weight excluding hydrogens is 270 g/mol. The third-order valence-corrected chi connectivity index (χ3v) is 2.48. The number of hydrogen-bond donors (Lipinski definition) is 3. The summed E-state index contributed by atoms with van der Waals surface area (Å²) in [5.74, 6) is 1.20. The van der Waals surface area contributed by atoms with Crippen molar-refractivity contribution in [1.82, 2.24) is 20.3 Å². The molecular formula is C13H25N7O. The number of carbonyl (C=O) groups is 1. The summed E-state index contributed by atoms with van der Waals surface area (Å²) in [6, 6.07) is -0.452. The average molecular weight is 295 g/mol. The molecule has 0 radical (unpaired) electrons. The lowest BCUT2D eigenvalue weighted by molar-refractivity contribution is -0.122. The Morgan fingerprint density at radius 1 is 1.14 bits per heavy atom. The first-order valence-electron chi connectivity index (χ1n) is 6.82. The Kier molecular flexibility index (Phi) is 5.28. The van der Waals surface area contributed by atoms with Crippen LogP contribution in [0.2, 0.25) is 0 Å². The predicted molar refractivity (Wildman–Crippen MR) is 84.7 cm³/mol. The van der Waals surface area contributed by atoms with E-state index in [4.69, 9.17) is 0 Å². The minimum absolute atomic E-state index is 0.111. The molecule has 1 unspecified atom stereocenters.